The van der Waals surface area contributed by atoms with E-state index in [0.29, 0.717) is 10.4 Å². The summed E-state index contributed by atoms with van der Waals surface area (Å²) in [6.45, 7) is 2.30. The Morgan fingerprint density at radius 3 is 2.53 bits per heavy atom. The minimum absolute atomic E-state index is 0.0411. The normalized spacial score (nSPS) is 26.8. The van der Waals surface area contributed by atoms with Gasteiger partial charge in [0.25, 0.3) is 0 Å². The number of benzene rings is 1. The Hall–Kier alpha value is -0.410. The summed E-state index contributed by atoms with van der Waals surface area (Å²) >= 11 is 3.22. The van der Waals surface area contributed by atoms with Crippen LogP contribution in [-0.2, 0) is 0 Å². The molecule has 1 unspecified atom stereocenters. The molecule has 0 amide bonds. The summed E-state index contributed by atoms with van der Waals surface area (Å²) in [4.78, 5) is 0. The highest BCUT2D eigenvalue weighted by Crippen LogP contribution is 2.36. The molecule has 1 fully saturated rings. The second-order valence-corrected chi connectivity index (χ2v) is 6.07. The van der Waals surface area contributed by atoms with Gasteiger partial charge >= 0.3 is 0 Å². The maximum absolute atomic E-state index is 13.2. The Bertz CT molecular complexity index is 386. The fraction of sp³-hybridized carbons (Fsp3) is 0.571. The zero-order valence-electron chi connectivity index (χ0n) is 10.1. The zero-order chi connectivity index (χ0) is 12.4. The average Bonchev–Trinajstić information content (AvgIpc) is 2.33. The van der Waals surface area contributed by atoms with Gasteiger partial charge in [0.15, 0.2) is 0 Å². The van der Waals surface area contributed by atoms with E-state index in [2.05, 4.69) is 22.9 Å². The van der Waals surface area contributed by atoms with Gasteiger partial charge in [-0.05, 0) is 58.3 Å². The largest absolute Gasteiger partial charge is 0.324 e. The molecule has 0 heterocycles. The number of halogens is 2. The van der Waals surface area contributed by atoms with Crippen LogP contribution in [0.4, 0.5) is 4.39 Å². The van der Waals surface area contributed by atoms with E-state index >= 15 is 0 Å². The number of hydrogen-bond acceptors (Lipinski definition) is 1. The molecule has 1 aliphatic rings. The summed E-state index contributed by atoms with van der Waals surface area (Å²) in [5, 5.41) is 0. The lowest BCUT2D eigenvalue weighted by Crippen LogP contribution is -2.25. The highest BCUT2D eigenvalue weighted by atomic mass is 79.9. The van der Waals surface area contributed by atoms with Gasteiger partial charge in [0, 0.05) is 6.04 Å². The van der Waals surface area contributed by atoms with E-state index in [9.17, 15) is 4.39 Å². The van der Waals surface area contributed by atoms with Crippen LogP contribution in [0.3, 0.4) is 0 Å². The third kappa shape index (κ3) is 3.08. The van der Waals surface area contributed by atoms with Crippen molar-refractivity contribution >= 4 is 15.9 Å². The maximum atomic E-state index is 13.2. The van der Waals surface area contributed by atoms with Gasteiger partial charge in [-0.3, -0.25) is 0 Å². The Kier molecular flexibility index (Phi) is 4.21. The van der Waals surface area contributed by atoms with Crippen LogP contribution < -0.4 is 5.73 Å². The first-order valence-electron chi connectivity index (χ1n) is 6.28. The van der Waals surface area contributed by atoms with E-state index in [1.54, 1.807) is 0 Å². The van der Waals surface area contributed by atoms with E-state index in [1.807, 2.05) is 12.1 Å². The van der Waals surface area contributed by atoms with Gasteiger partial charge in [0.05, 0.1) is 4.47 Å². The van der Waals surface area contributed by atoms with Crippen molar-refractivity contribution in [3.8, 4) is 0 Å². The molecular weight excluding hydrogens is 281 g/mol. The Morgan fingerprint density at radius 1 is 1.29 bits per heavy atom. The highest BCUT2D eigenvalue weighted by Gasteiger charge is 2.24. The third-order valence-electron chi connectivity index (χ3n) is 3.90. The van der Waals surface area contributed by atoms with Crippen LogP contribution in [-0.4, -0.2) is 0 Å². The van der Waals surface area contributed by atoms with Crippen molar-refractivity contribution in [1.82, 2.24) is 0 Å². The summed E-state index contributed by atoms with van der Waals surface area (Å²) in [6, 6.07) is 5.16. The lowest BCUT2D eigenvalue weighted by atomic mass is 9.78. The summed E-state index contributed by atoms with van der Waals surface area (Å²) < 4.78 is 13.7. The minimum atomic E-state index is -0.224. The first-order chi connectivity index (χ1) is 8.08. The minimum Gasteiger partial charge on any atom is -0.324 e. The molecule has 1 atom stereocenters. The molecule has 1 aromatic rings. The van der Waals surface area contributed by atoms with Gasteiger partial charge in [-0.25, -0.2) is 4.39 Å². The number of nitrogens with two attached hydrogens (primary N) is 1. The van der Waals surface area contributed by atoms with E-state index in [-0.39, 0.29) is 11.9 Å². The van der Waals surface area contributed by atoms with Crippen molar-refractivity contribution in [3.05, 3.63) is 34.1 Å². The quantitative estimate of drug-likeness (QED) is 0.860. The van der Waals surface area contributed by atoms with Crippen molar-refractivity contribution in [3.63, 3.8) is 0 Å². The van der Waals surface area contributed by atoms with E-state index in [1.165, 1.54) is 31.7 Å². The molecule has 2 rings (SSSR count). The molecule has 17 heavy (non-hydrogen) atoms. The van der Waals surface area contributed by atoms with Crippen LogP contribution in [0.1, 0.15) is 44.2 Å². The van der Waals surface area contributed by atoms with E-state index < -0.39 is 0 Å². The fourth-order valence-electron chi connectivity index (χ4n) is 2.64. The second-order valence-electron chi connectivity index (χ2n) is 5.22. The topological polar surface area (TPSA) is 26.0 Å². The van der Waals surface area contributed by atoms with Gasteiger partial charge in [-0.2, -0.15) is 0 Å². The Labute approximate surface area is 111 Å². The number of hydrogen-bond donors (Lipinski definition) is 1. The Balaban J connectivity index is 2.08. The van der Waals surface area contributed by atoms with E-state index in [4.69, 9.17) is 5.73 Å². The van der Waals surface area contributed by atoms with Gasteiger partial charge in [0.1, 0.15) is 5.82 Å². The molecule has 0 spiro atoms. The molecule has 1 nitrogen and oxygen atoms in total. The maximum Gasteiger partial charge on any atom is 0.137 e. The molecule has 0 aromatic heterocycles. The van der Waals surface area contributed by atoms with Crippen LogP contribution in [0.2, 0.25) is 0 Å². The SMILES string of the molecule is CC1CCC(C(N)c2ccc(F)c(Br)c2)CC1. The predicted octanol–water partition coefficient (Wildman–Crippen LogP) is 4.41. The van der Waals surface area contributed by atoms with Crippen molar-refractivity contribution < 1.29 is 4.39 Å². The van der Waals surface area contributed by atoms with Gasteiger partial charge in [0.2, 0.25) is 0 Å². The number of rotatable bonds is 2. The molecule has 0 radical (unpaired) electrons. The van der Waals surface area contributed by atoms with Gasteiger partial charge in [-0.15, -0.1) is 0 Å². The first-order valence-corrected chi connectivity index (χ1v) is 7.07. The van der Waals surface area contributed by atoms with Crippen LogP contribution in [0, 0.1) is 17.7 Å². The predicted molar refractivity (Wildman–Crippen MR) is 72.2 cm³/mol. The smallest absolute Gasteiger partial charge is 0.137 e. The third-order valence-corrected chi connectivity index (χ3v) is 4.50. The molecular formula is C14H19BrFN. The van der Waals surface area contributed by atoms with Crippen LogP contribution in [0.5, 0.6) is 0 Å². The van der Waals surface area contributed by atoms with Crippen LogP contribution >= 0.6 is 15.9 Å². The average molecular weight is 300 g/mol. The molecule has 0 saturated heterocycles. The fourth-order valence-corrected chi connectivity index (χ4v) is 3.03. The molecule has 0 aliphatic heterocycles. The summed E-state index contributed by atoms with van der Waals surface area (Å²) in [5.41, 5.74) is 7.33. The lowest BCUT2D eigenvalue weighted by Gasteiger charge is -2.30. The summed E-state index contributed by atoms with van der Waals surface area (Å²) in [7, 11) is 0. The van der Waals surface area contributed by atoms with Crippen molar-refractivity contribution in [2.75, 3.05) is 0 Å². The van der Waals surface area contributed by atoms with Crippen LogP contribution in [0.15, 0.2) is 22.7 Å². The van der Waals surface area contributed by atoms with E-state index in [0.717, 1.165) is 11.5 Å². The lowest BCUT2D eigenvalue weighted by molar-refractivity contribution is 0.256. The Morgan fingerprint density at radius 2 is 1.94 bits per heavy atom. The summed E-state index contributed by atoms with van der Waals surface area (Å²) in [6.07, 6.45) is 4.91. The van der Waals surface area contributed by atoms with Gasteiger partial charge < -0.3 is 5.73 Å². The van der Waals surface area contributed by atoms with Crippen molar-refractivity contribution in [1.29, 1.82) is 0 Å². The molecule has 0 bridgehead atoms. The highest BCUT2D eigenvalue weighted by molar-refractivity contribution is 9.10. The van der Waals surface area contributed by atoms with Crippen molar-refractivity contribution in [2.45, 2.75) is 38.6 Å². The molecule has 94 valence electrons. The molecule has 2 N–H and O–H groups in total. The zero-order valence-corrected chi connectivity index (χ0v) is 11.7. The van der Waals surface area contributed by atoms with Crippen LogP contribution in [0.25, 0.3) is 0 Å². The molecule has 1 saturated carbocycles. The second kappa shape index (κ2) is 5.49. The standard InChI is InChI=1S/C14H19BrFN/c1-9-2-4-10(5-3-9)14(17)11-6-7-13(16)12(15)8-11/h6-10,14H,2-5,17H2,1H3. The first kappa shape index (κ1) is 13.0. The summed E-state index contributed by atoms with van der Waals surface area (Å²) in [5.74, 6) is 1.15. The monoisotopic (exact) mass is 299 g/mol. The molecule has 1 aliphatic carbocycles. The van der Waals surface area contributed by atoms with Gasteiger partial charge in [-0.1, -0.05) is 25.8 Å². The van der Waals surface area contributed by atoms with Crippen molar-refractivity contribution in [2.24, 2.45) is 17.6 Å². The molecule has 3 heteroatoms. The molecule has 1 aromatic carbocycles.